The van der Waals surface area contributed by atoms with E-state index in [4.69, 9.17) is 0 Å². The molecule has 0 bridgehead atoms. The van der Waals surface area contributed by atoms with Gasteiger partial charge in [0.15, 0.2) is 0 Å². The van der Waals surface area contributed by atoms with Crippen LogP contribution in [-0.4, -0.2) is 31.6 Å². The lowest BCUT2D eigenvalue weighted by molar-refractivity contribution is 0.188. The van der Waals surface area contributed by atoms with E-state index in [1.807, 2.05) is 0 Å². The highest BCUT2D eigenvalue weighted by atomic mass is 15.1. The van der Waals surface area contributed by atoms with E-state index in [9.17, 15) is 0 Å². The Balaban J connectivity index is 2.35. The topological polar surface area (TPSA) is 15.3 Å². The van der Waals surface area contributed by atoms with Crippen LogP contribution in [0.15, 0.2) is 18.2 Å². The number of benzene rings is 1. The largest absolute Gasteiger partial charge is 0.317 e. The normalized spacial score (nSPS) is 24.6. The van der Waals surface area contributed by atoms with Gasteiger partial charge in [0.25, 0.3) is 0 Å². The van der Waals surface area contributed by atoms with Crippen LogP contribution in [0, 0.1) is 19.8 Å². The van der Waals surface area contributed by atoms with Crippen molar-refractivity contribution >= 4 is 0 Å². The van der Waals surface area contributed by atoms with Crippen molar-refractivity contribution in [1.82, 2.24) is 10.2 Å². The zero-order valence-electron chi connectivity index (χ0n) is 13.6. The van der Waals surface area contributed by atoms with Crippen LogP contribution < -0.4 is 5.32 Å². The monoisotopic (exact) mass is 274 g/mol. The summed E-state index contributed by atoms with van der Waals surface area (Å²) >= 11 is 0. The third kappa shape index (κ3) is 3.42. The van der Waals surface area contributed by atoms with Crippen LogP contribution in [0.5, 0.6) is 0 Å². The van der Waals surface area contributed by atoms with Gasteiger partial charge in [-0.05, 0) is 76.0 Å². The molecule has 2 rings (SSSR count). The molecular formula is C18H30N2. The lowest BCUT2D eigenvalue weighted by Gasteiger charge is -2.35. The molecule has 112 valence electrons. The lowest BCUT2D eigenvalue weighted by Crippen LogP contribution is -2.35. The second-order valence-electron chi connectivity index (χ2n) is 6.29. The minimum Gasteiger partial charge on any atom is -0.317 e. The molecule has 20 heavy (non-hydrogen) atoms. The van der Waals surface area contributed by atoms with E-state index in [-0.39, 0.29) is 0 Å². The molecule has 0 saturated carbocycles. The Bertz CT molecular complexity index is 407. The summed E-state index contributed by atoms with van der Waals surface area (Å²) in [5.74, 6) is 0.724. The number of rotatable bonds is 4. The van der Waals surface area contributed by atoms with Gasteiger partial charge in [-0.1, -0.05) is 31.5 Å². The van der Waals surface area contributed by atoms with E-state index in [0.717, 1.165) is 19.0 Å². The number of hydrogen-bond acceptors (Lipinski definition) is 2. The van der Waals surface area contributed by atoms with E-state index < -0.39 is 0 Å². The molecule has 0 aliphatic carbocycles. The van der Waals surface area contributed by atoms with Crippen LogP contribution >= 0.6 is 0 Å². The first-order valence-corrected chi connectivity index (χ1v) is 8.12. The molecule has 1 aromatic carbocycles. The Hall–Kier alpha value is -0.860. The Labute approximate surface area is 124 Å². The minimum atomic E-state index is 0.567. The highest BCUT2D eigenvalue weighted by Crippen LogP contribution is 2.37. The quantitative estimate of drug-likeness (QED) is 0.901. The molecule has 0 radical (unpaired) electrons. The SMILES string of the molecule is CCNCC1CCCCN(C)C1c1c(C)cccc1C. The highest BCUT2D eigenvalue weighted by Gasteiger charge is 2.30. The minimum absolute atomic E-state index is 0.567. The second-order valence-corrected chi connectivity index (χ2v) is 6.29. The summed E-state index contributed by atoms with van der Waals surface area (Å²) < 4.78 is 0. The number of likely N-dealkylation sites (tertiary alicyclic amines) is 1. The molecule has 1 N–H and O–H groups in total. The van der Waals surface area contributed by atoms with Crippen molar-refractivity contribution in [2.75, 3.05) is 26.7 Å². The Morgan fingerprint density at radius 3 is 2.55 bits per heavy atom. The van der Waals surface area contributed by atoms with E-state index in [0.29, 0.717) is 6.04 Å². The third-order valence-electron chi connectivity index (χ3n) is 4.75. The molecular weight excluding hydrogens is 244 g/mol. The maximum absolute atomic E-state index is 3.58. The predicted molar refractivity (Wildman–Crippen MR) is 87.2 cm³/mol. The van der Waals surface area contributed by atoms with Crippen LogP contribution in [0.25, 0.3) is 0 Å². The first kappa shape index (κ1) is 15.5. The molecule has 2 heteroatoms. The van der Waals surface area contributed by atoms with Gasteiger partial charge < -0.3 is 5.32 Å². The summed E-state index contributed by atoms with van der Waals surface area (Å²) in [6, 6.07) is 7.29. The highest BCUT2D eigenvalue weighted by molar-refractivity contribution is 5.36. The van der Waals surface area contributed by atoms with Crippen molar-refractivity contribution in [1.29, 1.82) is 0 Å². The molecule has 0 amide bonds. The second kappa shape index (κ2) is 7.24. The van der Waals surface area contributed by atoms with Gasteiger partial charge in [0.1, 0.15) is 0 Å². The summed E-state index contributed by atoms with van der Waals surface area (Å²) in [6.45, 7) is 10.2. The standard InChI is InChI=1S/C18H30N2/c1-5-19-13-16-11-6-7-12-20(4)18(16)17-14(2)9-8-10-15(17)3/h8-10,16,18-19H,5-7,11-13H2,1-4H3. The smallest absolute Gasteiger partial charge is 0.0390 e. The fourth-order valence-electron chi connectivity index (χ4n) is 3.72. The number of nitrogens with one attached hydrogen (secondary N) is 1. The van der Waals surface area contributed by atoms with Crippen molar-refractivity contribution in [2.45, 2.75) is 46.1 Å². The average Bonchev–Trinajstić information content (AvgIpc) is 2.59. The van der Waals surface area contributed by atoms with Gasteiger partial charge in [-0.15, -0.1) is 0 Å². The van der Waals surface area contributed by atoms with Gasteiger partial charge in [0.2, 0.25) is 0 Å². The zero-order valence-corrected chi connectivity index (χ0v) is 13.6. The molecule has 2 unspecified atom stereocenters. The van der Waals surface area contributed by atoms with Crippen molar-refractivity contribution < 1.29 is 0 Å². The van der Waals surface area contributed by atoms with Crippen LogP contribution in [0.1, 0.15) is 48.9 Å². The van der Waals surface area contributed by atoms with E-state index in [1.165, 1.54) is 36.9 Å². The lowest BCUT2D eigenvalue weighted by atomic mass is 9.85. The molecule has 0 aromatic heterocycles. The molecule has 1 saturated heterocycles. The van der Waals surface area contributed by atoms with Gasteiger partial charge >= 0.3 is 0 Å². The zero-order chi connectivity index (χ0) is 14.5. The number of nitrogens with zero attached hydrogens (tertiary/aromatic N) is 1. The van der Waals surface area contributed by atoms with E-state index in [2.05, 4.69) is 56.2 Å². The van der Waals surface area contributed by atoms with Gasteiger partial charge in [-0.25, -0.2) is 0 Å². The first-order valence-electron chi connectivity index (χ1n) is 8.12. The maximum atomic E-state index is 3.58. The third-order valence-corrected chi connectivity index (χ3v) is 4.75. The van der Waals surface area contributed by atoms with Gasteiger partial charge in [-0.3, -0.25) is 4.90 Å². The van der Waals surface area contributed by atoms with Crippen LogP contribution in [0.4, 0.5) is 0 Å². The number of hydrogen-bond donors (Lipinski definition) is 1. The summed E-state index contributed by atoms with van der Waals surface area (Å²) in [6.07, 6.45) is 4.04. The molecule has 1 heterocycles. The molecule has 1 fully saturated rings. The average molecular weight is 274 g/mol. The van der Waals surface area contributed by atoms with E-state index in [1.54, 1.807) is 5.56 Å². The molecule has 1 aromatic rings. The molecule has 2 atom stereocenters. The van der Waals surface area contributed by atoms with Crippen molar-refractivity contribution in [2.24, 2.45) is 5.92 Å². The van der Waals surface area contributed by atoms with Gasteiger partial charge in [0, 0.05) is 6.04 Å². The van der Waals surface area contributed by atoms with Crippen LogP contribution in [0.3, 0.4) is 0 Å². The summed E-state index contributed by atoms with van der Waals surface area (Å²) in [4.78, 5) is 2.59. The summed E-state index contributed by atoms with van der Waals surface area (Å²) in [5, 5.41) is 3.58. The van der Waals surface area contributed by atoms with Crippen LogP contribution in [0.2, 0.25) is 0 Å². The Morgan fingerprint density at radius 1 is 1.20 bits per heavy atom. The molecule has 2 nitrogen and oxygen atoms in total. The summed E-state index contributed by atoms with van der Waals surface area (Å²) in [7, 11) is 2.31. The molecule has 1 aliphatic rings. The molecule has 0 spiro atoms. The van der Waals surface area contributed by atoms with Crippen LogP contribution in [-0.2, 0) is 0 Å². The fourth-order valence-corrected chi connectivity index (χ4v) is 3.72. The van der Waals surface area contributed by atoms with Crippen molar-refractivity contribution in [3.63, 3.8) is 0 Å². The van der Waals surface area contributed by atoms with Crippen molar-refractivity contribution in [3.8, 4) is 0 Å². The molecule has 1 aliphatic heterocycles. The number of aryl methyl sites for hydroxylation is 2. The fraction of sp³-hybridized carbons (Fsp3) is 0.667. The first-order chi connectivity index (χ1) is 9.65. The van der Waals surface area contributed by atoms with Gasteiger partial charge in [-0.2, -0.15) is 0 Å². The van der Waals surface area contributed by atoms with E-state index >= 15 is 0 Å². The van der Waals surface area contributed by atoms with Crippen molar-refractivity contribution in [3.05, 3.63) is 34.9 Å². The summed E-state index contributed by atoms with van der Waals surface area (Å²) in [5.41, 5.74) is 4.47. The Kier molecular flexibility index (Phi) is 5.62. The van der Waals surface area contributed by atoms with Gasteiger partial charge in [0.05, 0.1) is 0 Å². The Morgan fingerprint density at radius 2 is 1.90 bits per heavy atom. The maximum Gasteiger partial charge on any atom is 0.0390 e. The predicted octanol–water partition coefficient (Wildman–Crippen LogP) is 3.69.